The third-order valence-corrected chi connectivity index (χ3v) is 2.57. The van der Waals surface area contributed by atoms with E-state index in [9.17, 15) is 0 Å². The van der Waals surface area contributed by atoms with Crippen LogP contribution < -0.4 is 0 Å². The number of rotatable bonds is 1. The Morgan fingerprint density at radius 2 is 1.92 bits per heavy atom. The van der Waals surface area contributed by atoms with Crippen LogP contribution in [-0.4, -0.2) is 9.97 Å². The average Bonchev–Trinajstić information content (AvgIpc) is 2.58. The van der Waals surface area contributed by atoms with Crippen LogP contribution >= 0.6 is 0 Å². The van der Waals surface area contributed by atoms with Gasteiger partial charge in [-0.15, -0.1) is 0 Å². The van der Waals surface area contributed by atoms with E-state index >= 15 is 0 Å². The van der Waals surface area contributed by atoms with Gasteiger partial charge < -0.3 is 0 Å². The minimum absolute atomic E-state index is 0.693. The van der Waals surface area contributed by atoms with Crippen molar-refractivity contribution in [1.29, 1.82) is 0 Å². The van der Waals surface area contributed by atoms with Gasteiger partial charge in [0.25, 0.3) is 0 Å². The number of nitrogens with zero attached hydrogens (tertiary/aromatic N) is 2. The molecule has 0 aromatic carbocycles. The van der Waals surface area contributed by atoms with E-state index in [-0.39, 0.29) is 0 Å². The summed E-state index contributed by atoms with van der Waals surface area (Å²) in [6.45, 7) is 1.98. The molecule has 1 fully saturated rings. The lowest BCUT2D eigenvalue weighted by Gasteiger charge is -2.06. The number of aromatic nitrogens is 2. The van der Waals surface area contributed by atoms with Crippen molar-refractivity contribution >= 4 is 0 Å². The molecule has 0 aliphatic heterocycles. The minimum atomic E-state index is 0.693. The molecule has 1 aliphatic carbocycles. The highest BCUT2D eigenvalue weighted by molar-refractivity contribution is 5.07. The van der Waals surface area contributed by atoms with Gasteiger partial charge in [0.2, 0.25) is 0 Å². The second-order valence-electron chi connectivity index (χ2n) is 3.56. The molecule has 0 atom stereocenters. The van der Waals surface area contributed by atoms with E-state index in [0.717, 1.165) is 5.69 Å². The second-order valence-corrected chi connectivity index (χ2v) is 3.56. The molecule has 0 amide bonds. The SMILES string of the molecule is Cc1cnc(C2CCCC2)cn1. The molecular formula is C10H14N2. The molecule has 2 rings (SSSR count). The molecule has 0 N–H and O–H groups in total. The lowest BCUT2D eigenvalue weighted by molar-refractivity contribution is 0.690. The maximum atomic E-state index is 4.40. The fourth-order valence-electron chi connectivity index (χ4n) is 1.83. The minimum Gasteiger partial charge on any atom is -0.258 e. The third kappa shape index (κ3) is 1.47. The molecule has 0 radical (unpaired) electrons. The number of aryl methyl sites for hydroxylation is 1. The van der Waals surface area contributed by atoms with E-state index in [1.807, 2.05) is 19.3 Å². The molecule has 2 nitrogen and oxygen atoms in total. The molecule has 0 unspecified atom stereocenters. The Hall–Kier alpha value is -0.920. The number of hydrogen-bond donors (Lipinski definition) is 0. The van der Waals surface area contributed by atoms with E-state index in [4.69, 9.17) is 0 Å². The summed E-state index contributed by atoms with van der Waals surface area (Å²) >= 11 is 0. The van der Waals surface area contributed by atoms with E-state index in [2.05, 4.69) is 9.97 Å². The van der Waals surface area contributed by atoms with Crippen LogP contribution in [-0.2, 0) is 0 Å². The van der Waals surface area contributed by atoms with Crippen molar-refractivity contribution in [2.45, 2.75) is 38.5 Å². The van der Waals surface area contributed by atoms with Crippen molar-refractivity contribution in [1.82, 2.24) is 9.97 Å². The first-order valence-electron chi connectivity index (χ1n) is 4.65. The van der Waals surface area contributed by atoms with Gasteiger partial charge in [-0.05, 0) is 19.8 Å². The summed E-state index contributed by atoms with van der Waals surface area (Å²) in [5, 5.41) is 0. The molecule has 0 saturated heterocycles. The first-order chi connectivity index (χ1) is 5.86. The van der Waals surface area contributed by atoms with E-state index < -0.39 is 0 Å². The summed E-state index contributed by atoms with van der Waals surface area (Å²) in [5.41, 5.74) is 2.20. The normalized spacial score (nSPS) is 18.4. The summed E-state index contributed by atoms with van der Waals surface area (Å²) in [4.78, 5) is 8.66. The third-order valence-electron chi connectivity index (χ3n) is 2.57. The van der Waals surface area contributed by atoms with Crippen LogP contribution in [0.25, 0.3) is 0 Å². The fraction of sp³-hybridized carbons (Fsp3) is 0.600. The largest absolute Gasteiger partial charge is 0.258 e. The Labute approximate surface area is 73.1 Å². The van der Waals surface area contributed by atoms with Crippen LogP contribution in [0.2, 0.25) is 0 Å². The zero-order chi connectivity index (χ0) is 8.39. The van der Waals surface area contributed by atoms with Crippen molar-refractivity contribution in [2.24, 2.45) is 0 Å². The van der Waals surface area contributed by atoms with Crippen LogP contribution in [0.15, 0.2) is 12.4 Å². The molecule has 0 spiro atoms. The predicted molar refractivity (Wildman–Crippen MR) is 48.0 cm³/mol. The van der Waals surface area contributed by atoms with Gasteiger partial charge in [0.1, 0.15) is 0 Å². The fourth-order valence-corrected chi connectivity index (χ4v) is 1.83. The Bertz CT molecular complexity index is 247. The van der Waals surface area contributed by atoms with E-state index in [1.165, 1.54) is 31.4 Å². The van der Waals surface area contributed by atoms with Gasteiger partial charge in [0.05, 0.1) is 11.4 Å². The molecule has 1 aromatic heterocycles. The summed E-state index contributed by atoms with van der Waals surface area (Å²) < 4.78 is 0. The summed E-state index contributed by atoms with van der Waals surface area (Å²) in [5.74, 6) is 0.693. The predicted octanol–water partition coefficient (Wildman–Crippen LogP) is 2.44. The van der Waals surface area contributed by atoms with Crippen molar-refractivity contribution in [3.8, 4) is 0 Å². The molecular weight excluding hydrogens is 148 g/mol. The molecule has 1 aliphatic rings. The van der Waals surface area contributed by atoms with Gasteiger partial charge in [-0.25, -0.2) is 0 Å². The first-order valence-corrected chi connectivity index (χ1v) is 4.65. The molecule has 1 aromatic rings. The van der Waals surface area contributed by atoms with Gasteiger partial charge >= 0.3 is 0 Å². The Morgan fingerprint density at radius 1 is 1.17 bits per heavy atom. The highest BCUT2D eigenvalue weighted by Gasteiger charge is 2.17. The summed E-state index contributed by atoms with van der Waals surface area (Å²) in [7, 11) is 0. The molecule has 64 valence electrons. The summed E-state index contributed by atoms with van der Waals surface area (Å²) in [6, 6.07) is 0. The van der Waals surface area contributed by atoms with Crippen LogP contribution in [0.3, 0.4) is 0 Å². The zero-order valence-corrected chi connectivity index (χ0v) is 7.45. The Kier molecular flexibility index (Phi) is 2.07. The van der Waals surface area contributed by atoms with Crippen molar-refractivity contribution in [2.75, 3.05) is 0 Å². The zero-order valence-electron chi connectivity index (χ0n) is 7.45. The molecule has 0 bridgehead atoms. The van der Waals surface area contributed by atoms with Crippen molar-refractivity contribution in [3.63, 3.8) is 0 Å². The lowest BCUT2D eigenvalue weighted by Crippen LogP contribution is -1.97. The highest BCUT2D eigenvalue weighted by atomic mass is 14.8. The number of hydrogen-bond acceptors (Lipinski definition) is 2. The average molecular weight is 162 g/mol. The van der Waals surface area contributed by atoms with Gasteiger partial charge in [0.15, 0.2) is 0 Å². The monoisotopic (exact) mass is 162 g/mol. The maximum Gasteiger partial charge on any atom is 0.0617 e. The quantitative estimate of drug-likeness (QED) is 0.633. The van der Waals surface area contributed by atoms with Crippen LogP contribution in [0.5, 0.6) is 0 Å². The van der Waals surface area contributed by atoms with Gasteiger partial charge in [-0.1, -0.05) is 12.8 Å². The van der Waals surface area contributed by atoms with Crippen LogP contribution in [0.1, 0.15) is 43.0 Å². The van der Waals surface area contributed by atoms with Gasteiger partial charge in [-0.3, -0.25) is 9.97 Å². The Balaban J connectivity index is 2.17. The van der Waals surface area contributed by atoms with Crippen LogP contribution in [0.4, 0.5) is 0 Å². The Morgan fingerprint density at radius 3 is 2.50 bits per heavy atom. The molecule has 1 saturated carbocycles. The standard InChI is InChI=1S/C10H14N2/c1-8-6-12-10(7-11-8)9-4-2-3-5-9/h6-7,9H,2-5H2,1H3. The van der Waals surface area contributed by atoms with Crippen molar-refractivity contribution < 1.29 is 0 Å². The van der Waals surface area contributed by atoms with E-state index in [0.29, 0.717) is 5.92 Å². The molecule has 2 heteroatoms. The molecule has 12 heavy (non-hydrogen) atoms. The van der Waals surface area contributed by atoms with Gasteiger partial charge in [-0.2, -0.15) is 0 Å². The molecule has 1 heterocycles. The van der Waals surface area contributed by atoms with E-state index in [1.54, 1.807) is 0 Å². The highest BCUT2D eigenvalue weighted by Crippen LogP contribution is 2.32. The topological polar surface area (TPSA) is 25.8 Å². The lowest BCUT2D eigenvalue weighted by atomic mass is 10.1. The first kappa shape index (κ1) is 7.71. The smallest absolute Gasteiger partial charge is 0.0617 e. The van der Waals surface area contributed by atoms with Crippen molar-refractivity contribution in [3.05, 3.63) is 23.8 Å². The summed E-state index contributed by atoms with van der Waals surface area (Å²) in [6.07, 6.45) is 9.13. The maximum absolute atomic E-state index is 4.40. The van der Waals surface area contributed by atoms with Crippen LogP contribution in [0, 0.1) is 6.92 Å². The second kappa shape index (κ2) is 3.21. The van der Waals surface area contributed by atoms with Gasteiger partial charge in [0, 0.05) is 18.3 Å².